The van der Waals surface area contributed by atoms with Crippen LogP contribution in [0, 0.1) is 0 Å². The third-order valence-corrected chi connectivity index (χ3v) is 19.7. The minimum Gasteiger partial charge on any atom is -0.413 e. The number of hydrogen-bond donors (Lipinski definition) is 0. The van der Waals surface area contributed by atoms with E-state index >= 15 is 0 Å². The van der Waals surface area contributed by atoms with Gasteiger partial charge in [0.05, 0.1) is 13.2 Å². The molecule has 1 unspecified atom stereocenters. The normalized spacial score (nSPS) is 16.0. The first-order chi connectivity index (χ1) is 22.1. The summed E-state index contributed by atoms with van der Waals surface area (Å²) in [5.74, 6) is 0.125. The Labute approximate surface area is 286 Å². The van der Waals surface area contributed by atoms with Gasteiger partial charge in [0.2, 0.25) is 0 Å². The molecule has 4 aromatic rings. The molecule has 47 heavy (non-hydrogen) atoms. The van der Waals surface area contributed by atoms with Crippen LogP contribution < -0.4 is 0 Å². The Hall–Kier alpha value is -3.29. The van der Waals surface area contributed by atoms with Gasteiger partial charge in [-0.15, -0.1) is 0 Å². The summed E-state index contributed by atoms with van der Waals surface area (Å²) in [6, 6.07) is 40.0. The summed E-state index contributed by atoms with van der Waals surface area (Å²) in [6.07, 6.45) is 2.48. The van der Waals surface area contributed by atoms with E-state index in [1.54, 1.807) is 0 Å². The minimum absolute atomic E-state index is 0.125. The smallest absolute Gasteiger partial charge is 0.192 e. The molecule has 1 aliphatic carbocycles. The average molecular weight is 659 g/mol. The molecule has 4 aromatic carbocycles. The van der Waals surface area contributed by atoms with E-state index in [1.165, 1.54) is 50.1 Å². The van der Waals surface area contributed by atoms with Gasteiger partial charge in [-0.3, -0.25) is 0 Å². The molecule has 1 atom stereocenters. The van der Waals surface area contributed by atoms with Crippen molar-refractivity contribution in [1.29, 1.82) is 0 Å². The quantitative estimate of drug-likeness (QED) is 0.158. The second kappa shape index (κ2) is 13.7. The number of benzene rings is 4. The highest BCUT2D eigenvalue weighted by molar-refractivity contribution is 6.74. The number of rotatable bonds is 10. The van der Waals surface area contributed by atoms with E-state index in [0.29, 0.717) is 13.2 Å². The molecule has 0 radical (unpaired) electrons. The minimum atomic E-state index is -1.83. The van der Waals surface area contributed by atoms with Crippen LogP contribution in [-0.2, 0) is 22.1 Å². The van der Waals surface area contributed by atoms with E-state index in [2.05, 4.69) is 183 Å². The van der Waals surface area contributed by atoms with E-state index < -0.39 is 16.6 Å². The van der Waals surface area contributed by atoms with Crippen LogP contribution in [-0.4, -0.2) is 16.6 Å². The van der Waals surface area contributed by atoms with Crippen LogP contribution in [0.3, 0.4) is 0 Å². The van der Waals surface area contributed by atoms with Crippen LogP contribution in [0.4, 0.5) is 0 Å². The SMILES string of the molecule is CC(C)(C)[Si](C)(C)OCc1ccc(C2=CC(c3ccc(CO[Si](C)(C)C(C)(C)C)cc3)C(c3ccccc3)=C2c2ccccc2)cc1. The van der Waals surface area contributed by atoms with Crippen LogP contribution in [0.2, 0.25) is 36.3 Å². The first-order valence-corrected chi connectivity index (χ1v) is 22.9. The molecule has 0 bridgehead atoms. The fraction of sp³-hybridized carbons (Fsp3) is 0.349. The van der Waals surface area contributed by atoms with Crippen molar-refractivity contribution in [3.63, 3.8) is 0 Å². The van der Waals surface area contributed by atoms with Gasteiger partial charge in [0.25, 0.3) is 0 Å². The van der Waals surface area contributed by atoms with Crippen molar-refractivity contribution in [2.75, 3.05) is 0 Å². The van der Waals surface area contributed by atoms with E-state index in [-0.39, 0.29) is 16.0 Å². The van der Waals surface area contributed by atoms with E-state index in [1.807, 2.05) is 0 Å². The fourth-order valence-corrected chi connectivity index (χ4v) is 7.48. The second-order valence-corrected chi connectivity index (χ2v) is 25.7. The first kappa shape index (κ1) is 35.0. The van der Waals surface area contributed by atoms with Crippen LogP contribution in [0.25, 0.3) is 16.7 Å². The van der Waals surface area contributed by atoms with Crippen LogP contribution in [0.5, 0.6) is 0 Å². The maximum atomic E-state index is 6.56. The van der Waals surface area contributed by atoms with Gasteiger partial charge in [0, 0.05) is 5.92 Å². The van der Waals surface area contributed by atoms with Crippen molar-refractivity contribution >= 4 is 33.4 Å². The third-order valence-electron chi connectivity index (χ3n) is 10.7. The standard InChI is InChI=1S/C43H54O2Si2/c1-42(2,3)46(7,8)44-30-32-21-25-34(26-22-32)38-29-39(35-27-23-33(24-28-35)31-45-47(9,10)43(4,5)6)41(37-19-15-12-16-20-37)40(38)36-17-13-11-14-18-36/h11-29,38H,30-31H2,1-10H3. The van der Waals surface area contributed by atoms with E-state index in [4.69, 9.17) is 8.85 Å². The van der Waals surface area contributed by atoms with Gasteiger partial charge in [-0.2, -0.15) is 0 Å². The summed E-state index contributed by atoms with van der Waals surface area (Å²) in [5, 5.41) is 0.382. The largest absolute Gasteiger partial charge is 0.413 e. The van der Waals surface area contributed by atoms with E-state index in [0.717, 1.165) is 0 Å². The Morgan fingerprint density at radius 1 is 0.511 bits per heavy atom. The maximum absolute atomic E-state index is 6.56. The Balaban J connectivity index is 1.53. The summed E-state index contributed by atoms with van der Waals surface area (Å²) in [5.41, 5.74) is 11.4. The van der Waals surface area contributed by atoms with Gasteiger partial charge in [-0.25, -0.2) is 0 Å². The Morgan fingerprint density at radius 2 is 0.936 bits per heavy atom. The molecule has 5 rings (SSSR count). The molecule has 0 N–H and O–H groups in total. The van der Waals surface area contributed by atoms with Crippen molar-refractivity contribution in [2.24, 2.45) is 0 Å². The monoisotopic (exact) mass is 658 g/mol. The average Bonchev–Trinajstić information content (AvgIpc) is 3.44. The predicted octanol–water partition coefficient (Wildman–Crippen LogP) is 12.5. The lowest BCUT2D eigenvalue weighted by Crippen LogP contribution is -2.40. The first-order valence-electron chi connectivity index (χ1n) is 17.1. The Bertz CT molecular complexity index is 1700. The van der Waals surface area contributed by atoms with Crippen molar-refractivity contribution in [3.05, 3.63) is 149 Å². The highest BCUT2D eigenvalue weighted by Gasteiger charge is 2.38. The van der Waals surface area contributed by atoms with Crippen molar-refractivity contribution < 1.29 is 8.85 Å². The molecule has 0 amide bonds. The molecule has 0 aromatic heterocycles. The lowest BCUT2D eigenvalue weighted by molar-refractivity contribution is 0.276. The summed E-state index contributed by atoms with van der Waals surface area (Å²) in [4.78, 5) is 0. The lowest BCUT2D eigenvalue weighted by atomic mass is 9.85. The van der Waals surface area contributed by atoms with Gasteiger partial charge in [-0.05, 0) is 86.4 Å². The zero-order chi connectivity index (χ0) is 34.0. The predicted molar refractivity (Wildman–Crippen MR) is 207 cm³/mol. The zero-order valence-electron chi connectivity index (χ0n) is 30.3. The zero-order valence-corrected chi connectivity index (χ0v) is 32.3. The molecule has 0 fully saturated rings. The Morgan fingerprint density at radius 3 is 1.38 bits per heavy atom. The molecule has 0 saturated carbocycles. The number of allylic oxidation sites excluding steroid dienone is 4. The van der Waals surface area contributed by atoms with Gasteiger partial charge in [-0.1, -0.05) is 157 Å². The molecule has 2 nitrogen and oxygen atoms in total. The molecule has 4 heteroatoms. The van der Waals surface area contributed by atoms with Gasteiger partial charge in [0.15, 0.2) is 16.6 Å². The maximum Gasteiger partial charge on any atom is 0.192 e. The molecular weight excluding hydrogens is 605 g/mol. The van der Waals surface area contributed by atoms with Crippen molar-refractivity contribution in [2.45, 2.75) is 96.9 Å². The topological polar surface area (TPSA) is 18.5 Å². The fourth-order valence-electron chi connectivity index (χ4n) is 5.56. The van der Waals surface area contributed by atoms with Crippen LogP contribution >= 0.6 is 0 Å². The van der Waals surface area contributed by atoms with Gasteiger partial charge >= 0.3 is 0 Å². The number of hydrogen-bond acceptors (Lipinski definition) is 2. The Kier molecular flexibility index (Phi) is 10.2. The molecule has 1 aliphatic rings. The molecule has 0 saturated heterocycles. The molecule has 246 valence electrons. The van der Waals surface area contributed by atoms with E-state index in [9.17, 15) is 0 Å². The van der Waals surface area contributed by atoms with Gasteiger partial charge in [0.1, 0.15) is 0 Å². The summed E-state index contributed by atoms with van der Waals surface area (Å²) in [6.45, 7) is 24.4. The molecule has 0 aliphatic heterocycles. The van der Waals surface area contributed by atoms with Crippen LogP contribution in [0.1, 0.15) is 80.8 Å². The van der Waals surface area contributed by atoms with Crippen LogP contribution in [0.15, 0.2) is 115 Å². The van der Waals surface area contributed by atoms with Crippen molar-refractivity contribution in [3.8, 4) is 0 Å². The summed E-state index contributed by atoms with van der Waals surface area (Å²) >= 11 is 0. The third kappa shape index (κ3) is 7.89. The lowest BCUT2D eigenvalue weighted by Gasteiger charge is -2.36. The van der Waals surface area contributed by atoms with Crippen molar-refractivity contribution in [1.82, 2.24) is 0 Å². The summed E-state index contributed by atoms with van der Waals surface area (Å²) < 4.78 is 13.1. The molecular formula is C43H54O2Si2. The molecule has 0 heterocycles. The second-order valence-electron chi connectivity index (χ2n) is 16.1. The summed E-state index contributed by atoms with van der Waals surface area (Å²) in [7, 11) is -3.65. The highest BCUT2D eigenvalue weighted by Crippen LogP contribution is 2.51. The molecule has 0 spiro atoms. The van der Waals surface area contributed by atoms with Gasteiger partial charge < -0.3 is 8.85 Å². The highest BCUT2D eigenvalue weighted by atomic mass is 28.4.